The van der Waals surface area contributed by atoms with Gasteiger partial charge in [-0.15, -0.1) is 5.10 Å². The highest BCUT2D eigenvalue weighted by Crippen LogP contribution is 2.27. The summed E-state index contributed by atoms with van der Waals surface area (Å²) in [6.07, 6.45) is 0.449. The molecule has 0 saturated carbocycles. The first-order chi connectivity index (χ1) is 12.4. The molecule has 1 fully saturated rings. The van der Waals surface area contributed by atoms with Gasteiger partial charge in [0.2, 0.25) is 11.1 Å². The number of hydrogen-bond donors (Lipinski definition) is 1. The maximum absolute atomic E-state index is 12.4. The predicted molar refractivity (Wildman–Crippen MR) is 96.2 cm³/mol. The van der Waals surface area contributed by atoms with Crippen molar-refractivity contribution < 1.29 is 17.9 Å². The fraction of sp³-hybridized carbons (Fsp3) is 0.467. The second-order valence-corrected chi connectivity index (χ2v) is 9.45. The fourth-order valence-corrected chi connectivity index (χ4v) is 5.13. The first-order valence-electron chi connectivity index (χ1n) is 7.99. The zero-order chi connectivity index (χ0) is 18.7. The molecule has 2 unspecified atom stereocenters. The van der Waals surface area contributed by atoms with Crippen LogP contribution in [0.2, 0.25) is 0 Å². The third-order valence-corrected chi connectivity index (χ3v) is 6.79. The molecule has 3 rings (SSSR count). The first kappa shape index (κ1) is 18.6. The van der Waals surface area contributed by atoms with Crippen molar-refractivity contribution in [1.82, 2.24) is 25.5 Å². The zero-order valence-electron chi connectivity index (χ0n) is 14.3. The third kappa shape index (κ3) is 4.15. The molecule has 1 saturated heterocycles. The highest BCUT2D eigenvalue weighted by atomic mass is 32.2. The predicted octanol–water partition coefficient (Wildman–Crippen LogP) is 0.455. The largest absolute Gasteiger partial charge is 0.494 e. The number of nitrogens with one attached hydrogen (secondary N) is 1. The van der Waals surface area contributed by atoms with E-state index in [1.807, 2.05) is 18.2 Å². The van der Waals surface area contributed by atoms with E-state index >= 15 is 0 Å². The van der Waals surface area contributed by atoms with Gasteiger partial charge in [-0.05, 0) is 35.9 Å². The van der Waals surface area contributed by atoms with E-state index in [1.54, 1.807) is 20.1 Å². The van der Waals surface area contributed by atoms with E-state index in [2.05, 4.69) is 20.8 Å². The Hall–Kier alpha value is -2.14. The van der Waals surface area contributed by atoms with Crippen LogP contribution < -0.4 is 10.1 Å². The molecule has 0 aliphatic carbocycles. The maximum atomic E-state index is 12.4. The van der Waals surface area contributed by atoms with E-state index in [0.717, 1.165) is 0 Å². The molecule has 1 aliphatic rings. The smallest absolute Gasteiger partial charge is 0.233 e. The van der Waals surface area contributed by atoms with E-state index in [0.29, 0.717) is 23.0 Å². The number of hydrogen-bond acceptors (Lipinski definition) is 8. The Kier molecular flexibility index (Phi) is 5.47. The summed E-state index contributed by atoms with van der Waals surface area (Å²) in [6, 6.07) is 6.95. The van der Waals surface area contributed by atoms with Crippen LogP contribution in [0.25, 0.3) is 5.69 Å². The van der Waals surface area contributed by atoms with Crippen LogP contribution in [0.3, 0.4) is 0 Å². The van der Waals surface area contributed by atoms with E-state index in [-0.39, 0.29) is 23.5 Å². The topological polar surface area (TPSA) is 116 Å². The van der Waals surface area contributed by atoms with Crippen LogP contribution in [0, 0.1) is 0 Å². The number of aromatic nitrogens is 4. The summed E-state index contributed by atoms with van der Waals surface area (Å²) in [7, 11) is -1.48. The van der Waals surface area contributed by atoms with Gasteiger partial charge in [0, 0.05) is 6.04 Å². The van der Waals surface area contributed by atoms with Crippen LogP contribution in [0.15, 0.2) is 29.4 Å². The SMILES string of the molecule is COc1ccccc1-n1nnnc1SC(C)C(=O)NC1CCS(=O)(=O)C1. The summed E-state index contributed by atoms with van der Waals surface area (Å²) in [6.45, 7) is 1.73. The van der Waals surface area contributed by atoms with Crippen LogP contribution in [-0.4, -0.2) is 64.4 Å². The van der Waals surface area contributed by atoms with Crippen molar-refractivity contribution in [1.29, 1.82) is 0 Å². The van der Waals surface area contributed by atoms with Crippen molar-refractivity contribution in [3.05, 3.63) is 24.3 Å². The molecule has 0 radical (unpaired) electrons. The van der Waals surface area contributed by atoms with Crippen molar-refractivity contribution in [3.63, 3.8) is 0 Å². The Labute approximate surface area is 155 Å². The Morgan fingerprint density at radius 3 is 2.88 bits per heavy atom. The number of thioether (sulfide) groups is 1. The van der Waals surface area contributed by atoms with Gasteiger partial charge in [0.05, 0.1) is 23.9 Å². The number of sulfone groups is 1. The number of amides is 1. The maximum Gasteiger partial charge on any atom is 0.233 e. The number of carbonyl (C=O) groups is 1. The zero-order valence-corrected chi connectivity index (χ0v) is 16.0. The lowest BCUT2D eigenvalue weighted by atomic mass is 10.2. The first-order valence-corrected chi connectivity index (χ1v) is 10.7. The van der Waals surface area contributed by atoms with Gasteiger partial charge in [-0.2, -0.15) is 4.68 Å². The Bertz CT molecular complexity index is 899. The van der Waals surface area contributed by atoms with Gasteiger partial charge in [-0.3, -0.25) is 4.79 Å². The van der Waals surface area contributed by atoms with Crippen LogP contribution in [0.5, 0.6) is 5.75 Å². The molecule has 1 N–H and O–H groups in total. The summed E-state index contributed by atoms with van der Waals surface area (Å²) in [5.74, 6) is 0.474. The molecule has 1 aromatic carbocycles. The molecule has 1 aromatic heterocycles. The molecule has 9 nitrogen and oxygen atoms in total. The molecule has 2 aromatic rings. The molecule has 1 amide bonds. The van der Waals surface area contributed by atoms with Crippen molar-refractivity contribution in [3.8, 4) is 11.4 Å². The van der Waals surface area contributed by atoms with E-state index in [9.17, 15) is 13.2 Å². The number of methoxy groups -OCH3 is 1. The number of tetrazole rings is 1. The molecule has 11 heteroatoms. The summed E-state index contributed by atoms with van der Waals surface area (Å²) in [5, 5.41) is 14.4. The molecule has 26 heavy (non-hydrogen) atoms. The van der Waals surface area contributed by atoms with Gasteiger partial charge >= 0.3 is 0 Å². The van der Waals surface area contributed by atoms with Crippen molar-refractivity contribution >= 4 is 27.5 Å². The summed E-state index contributed by atoms with van der Waals surface area (Å²) in [5.41, 5.74) is 0.664. The van der Waals surface area contributed by atoms with E-state index in [1.165, 1.54) is 16.4 Å². The average molecular weight is 397 g/mol. The van der Waals surface area contributed by atoms with Gasteiger partial charge in [-0.1, -0.05) is 23.9 Å². The molecule has 140 valence electrons. The molecule has 2 atom stereocenters. The standard InChI is InChI=1S/C15H19N5O4S2/c1-10(14(21)16-11-7-8-26(22,23)9-11)25-15-17-18-19-20(15)12-5-3-4-6-13(12)24-2/h3-6,10-11H,7-9H2,1-2H3,(H,16,21). The lowest BCUT2D eigenvalue weighted by Gasteiger charge is -2.15. The number of carbonyl (C=O) groups excluding carboxylic acids is 1. The summed E-state index contributed by atoms with van der Waals surface area (Å²) < 4.78 is 29.9. The van der Waals surface area contributed by atoms with Gasteiger partial charge < -0.3 is 10.1 Å². The number of nitrogens with zero attached hydrogens (tertiary/aromatic N) is 4. The van der Waals surface area contributed by atoms with Gasteiger partial charge in [0.1, 0.15) is 11.4 Å². The lowest BCUT2D eigenvalue weighted by molar-refractivity contribution is -0.120. The quantitative estimate of drug-likeness (QED) is 0.699. The van der Waals surface area contributed by atoms with Crippen molar-refractivity contribution in [2.75, 3.05) is 18.6 Å². The van der Waals surface area contributed by atoms with Crippen LogP contribution >= 0.6 is 11.8 Å². The van der Waals surface area contributed by atoms with Gasteiger partial charge in [-0.25, -0.2) is 8.42 Å². The van der Waals surface area contributed by atoms with Gasteiger partial charge in [0.15, 0.2) is 9.84 Å². The second-order valence-electron chi connectivity index (χ2n) is 5.91. The number of ether oxygens (including phenoxy) is 1. The monoisotopic (exact) mass is 397 g/mol. The van der Waals surface area contributed by atoms with Crippen LogP contribution in [-0.2, 0) is 14.6 Å². The minimum atomic E-state index is -3.04. The van der Waals surface area contributed by atoms with E-state index in [4.69, 9.17) is 4.74 Å². The highest BCUT2D eigenvalue weighted by molar-refractivity contribution is 8.00. The Balaban J connectivity index is 1.70. The Morgan fingerprint density at radius 2 is 2.19 bits per heavy atom. The second kappa shape index (κ2) is 7.62. The van der Waals surface area contributed by atoms with E-state index < -0.39 is 15.1 Å². The average Bonchev–Trinajstić information content (AvgIpc) is 3.20. The molecule has 0 bridgehead atoms. The number of benzene rings is 1. The third-order valence-electron chi connectivity index (χ3n) is 3.98. The molecular weight excluding hydrogens is 378 g/mol. The number of rotatable bonds is 6. The number of para-hydroxylation sites is 2. The lowest BCUT2D eigenvalue weighted by Crippen LogP contribution is -2.40. The molecule has 0 spiro atoms. The van der Waals surface area contributed by atoms with Crippen molar-refractivity contribution in [2.24, 2.45) is 0 Å². The van der Waals surface area contributed by atoms with Crippen molar-refractivity contribution in [2.45, 2.75) is 29.8 Å². The normalized spacial score (nSPS) is 19.8. The summed E-state index contributed by atoms with van der Waals surface area (Å²) >= 11 is 1.19. The Morgan fingerprint density at radius 1 is 1.42 bits per heavy atom. The minimum Gasteiger partial charge on any atom is -0.494 e. The minimum absolute atomic E-state index is 0.00488. The van der Waals surface area contributed by atoms with Crippen LogP contribution in [0.1, 0.15) is 13.3 Å². The molecule has 1 aliphatic heterocycles. The van der Waals surface area contributed by atoms with Crippen LogP contribution in [0.4, 0.5) is 0 Å². The summed E-state index contributed by atoms with van der Waals surface area (Å²) in [4.78, 5) is 12.4. The molecule has 2 heterocycles. The fourth-order valence-electron chi connectivity index (χ4n) is 2.65. The van der Waals surface area contributed by atoms with Gasteiger partial charge in [0.25, 0.3) is 0 Å². The highest BCUT2D eigenvalue weighted by Gasteiger charge is 2.30. The molecular formula is C15H19N5O4S2.